The topological polar surface area (TPSA) is 239 Å². The number of carbonyl (C=O) groups is 5. The largest absolute Gasteiger partial charge is 0.456 e. The van der Waals surface area contributed by atoms with Crippen LogP contribution in [0, 0.1) is 29.6 Å². The molecule has 0 aromatic carbocycles. The number of amides is 2. The van der Waals surface area contributed by atoms with Crippen molar-refractivity contribution in [2.45, 2.75) is 180 Å². The molecular weight excluding hydrogens is 869 g/mol. The zero-order chi connectivity index (χ0) is 48.9. The quantitative estimate of drug-likeness (QED) is 0.101. The number of aliphatic hydroxyl groups excluding tert-OH is 4. The Bertz CT molecular complexity index is 1680. The van der Waals surface area contributed by atoms with Crippen LogP contribution in [0.2, 0.25) is 0 Å². The summed E-state index contributed by atoms with van der Waals surface area (Å²) in [5.41, 5.74) is 1.47. The summed E-state index contributed by atoms with van der Waals surface area (Å²) in [5.74, 6) is -8.75. The molecule has 2 saturated heterocycles. The van der Waals surface area contributed by atoms with Crippen molar-refractivity contribution in [2.24, 2.45) is 29.6 Å². The van der Waals surface area contributed by atoms with E-state index in [0.717, 1.165) is 10.5 Å². The number of ether oxygens (including phenoxy) is 5. The summed E-state index contributed by atoms with van der Waals surface area (Å²) in [5, 5.41) is 53.5. The second-order valence-corrected chi connectivity index (χ2v) is 19.5. The molecule has 0 radical (unpaired) electrons. The third-order valence-corrected chi connectivity index (χ3v) is 14.5. The maximum Gasteiger partial charge on any atom is 0.329 e. The number of hydrogen-bond acceptors (Lipinski definition) is 15. The monoisotopic (exact) mass is 953 g/mol. The highest BCUT2D eigenvalue weighted by molar-refractivity contribution is 6.39. The minimum absolute atomic E-state index is 0. The first-order valence-corrected chi connectivity index (χ1v) is 24.1. The molecule has 2 amide bonds. The predicted molar refractivity (Wildman–Crippen MR) is 249 cm³/mol. The normalized spacial score (nSPS) is 36.4. The van der Waals surface area contributed by atoms with Gasteiger partial charge in [-0.3, -0.25) is 19.2 Å². The zero-order valence-corrected chi connectivity index (χ0v) is 40.6. The van der Waals surface area contributed by atoms with Gasteiger partial charge in [0.1, 0.15) is 24.0 Å². The van der Waals surface area contributed by atoms with Crippen LogP contribution in [0.5, 0.6) is 0 Å². The van der Waals surface area contributed by atoms with Gasteiger partial charge in [0.05, 0.1) is 43.7 Å². The molecule has 4 aliphatic rings. The van der Waals surface area contributed by atoms with Gasteiger partial charge in [-0.05, 0) is 102 Å². The van der Waals surface area contributed by atoms with Crippen molar-refractivity contribution in [1.29, 1.82) is 0 Å². The number of aliphatic hydroxyl groups is 5. The Morgan fingerprint density at radius 3 is 2.16 bits per heavy atom. The van der Waals surface area contributed by atoms with Crippen LogP contribution in [0.15, 0.2) is 23.3 Å². The van der Waals surface area contributed by atoms with Gasteiger partial charge in [-0.2, -0.15) is 0 Å². The molecule has 0 aromatic heterocycles. The number of Topliss-reactive ketones (excluding diaryl/α,β-unsaturated/α-hetero) is 2. The molecule has 67 heavy (non-hydrogen) atoms. The highest BCUT2D eigenvalue weighted by atomic mass is 16.7. The van der Waals surface area contributed by atoms with Gasteiger partial charge in [0.2, 0.25) is 11.7 Å². The second-order valence-electron chi connectivity index (χ2n) is 19.5. The lowest BCUT2D eigenvalue weighted by Gasteiger charge is -2.47. The number of esters is 1. The van der Waals surface area contributed by atoms with E-state index in [4.69, 9.17) is 23.7 Å². The predicted octanol–water partition coefficient (Wildman–Crippen LogP) is 3.68. The van der Waals surface area contributed by atoms with E-state index < -0.39 is 90.0 Å². The van der Waals surface area contributed by atoms with Gasteiger partial charge >= 0.3 is 5.97 Å². The third kappa shape index (κ3) is 15.2. The lowest BCUT2D eigenvalue weighted by molar-refractivity contribution is -0.302. The summed E-state index contributed by atoms with van der Waals surface area (Å²) < 4.78 is 29.9. The lowest BCUT2D eigenvalue weighted by Crippen LogP contribution is -2.64. The van der Waals surface area contributed by atoms with Crippen molar-refractivity contribution in [3.63, 3.8) is 0 Å². The van der Waals surface area contributed by atoms with Crippen LogP contribution in [-0.4, -0.2) is 173 Å². The Kier molecular flexibility index (Phi) is 23.7. The summed E-state index contributed by atoms with van der Waals surface area (Å²) in [6, 6.07) is -1.20. The molecule has 3 fully saturated rings. The molecule has 1 aliphatic carbocycles. The number of methoxy groups -OCH3 is 3. The number of nitrogens with zero attached hydrogens (tertiary/aromatic N) is 2. The number of allylic oxidation sites excluding steroid dienone is 3. The molecule has 1 saturated carbocycles. The molecule has 17 heteroatoms. The fourth-order valence-electron chi connectivity index (χ4n) is 10.5. The molecular formula is C50H84N2O15. The van der Waals surface area contributed by atoms with Crippen LogP contribution in [0.1, 0.15) is 126 Å². The van der Waals surface area contributed by atoms with Crippen LogP contribution in [0.25, 0.3) is 0 Å². The number of fused-ring (bicyclic) bond motifs is 3. The Morgan fingerprint density at radius 1 is 0.896 bits per heavy atom. The molecule has 4 rings (SSSR count). The van der Waals surface area contributed by atoms with E-state index in [1.165, 1.54) is 19.1 Å². The van der Waals surface area contributed by atoms with Crippen molar-refractivity contribution in [3.05, 3.63) is 23.3 Å². The third-order valence-electron chi connectivity index (χ3n) is 14.5. The Hall–Kier alpha value is -3.13. The maximum absolute atomic E-state index is 14.5. The maximum atomic E-state index is 14.5. The highest BCUT2D eigenvalue weighted by Crippen LogP contribution is 2.39. The van der Waals surface area contributed by atoms with E-state index in [-0.39, 0.29) is 95.9 Å². The standard InChI is InChI=1S/C49H80N2O15.CH4/c1-29-22-30(2)24-41(63-7)45-42(64-8)26-32(4)49(61,66-45)46(58)47(59)51-17-10-9-13-36(51)48(60)65-44(31(3)25-34-15-16-37(54)40(27-34)62-6)33(5)38(55)28-39(56)35(23-29)12-11-14-43(57)50(18-20-52)19-21-53;/h23,25,30,32-38,40-42,44-45,52-55,61H,9-22,24,26-28H2,1-8H3;1H4/b29-23+,31-25+;/t30-,32+,33+,34-,35+,36-,37+,38-,40+,41-,42-,44+,45+,49+;/m0./s1. The number of rotatable bonds is 13. The molecule has 3 heterocycles. The molecule has 0 unspecified atom stereocenters. The highest BCUT2D eigenvalue weighted by Gasteiger charge is 2.56. The van der Waals surface area contributed by atoms with E-state index in [9.17, 15) is 49.5 Å². The van der Waals surface area contributed by atoms with Crippen LogP contribution in [-0.2, 0) is 47.7 Å². The number of piperidine rings is 1. The lowest BCUT2D eigenvalue weighted by atomic mass is 9.81. The molecule has 0 spiro atoms. The first-order valence-electron chi connectivity index (χ1n) is 24.1. The van der Waals surface area contributed by atoms with Gasteiger partial charge in [0, 0.05) is 71.6 Å². The summed E-state index contributed by atoms with van der Waals surface area (Å²) in [7, 11) is 4.54. The minimum Gasteiger partial charge on any atom is -0.456 e. The molecule has 0 aromatic rings. The fourth-order valence-corrected chi connectivity index (χ4v) is 10.5. The smallest absolute Gasteiger partial charge is 0.329 e. The number of ketones is 2. The molecule has 5 N–H and O–H groups in total. The van der Waals surface area contributed by atoms with Crippen molar-refractivity contribution in [1.82, 2.24) is 9.80 Å². The van der Waals surface area contributed by atoms with E-state index in [1.807, 2.05) is 26.0 Å². The van der Waals surface area contributed by atoms with Crippen molar-refractivity contribution >= 4 is 29.4 Å². The van der Waals surface area contributed by atoms with E-state index in [0.29, 0.717) is 56.9 Å². The number of hydrogen-bond donors (Lipinski definition) is 5. The number of carbonyl (C=O) groups excluding carboxylic acids is 5. The SMILES string of the molecule is C.CO[C@H]1C[C@@H](C)C/C(C)=C/[C@@H](CCCC(=O)N(CCO)CCO)C(=O)C[C@H](O)[C@@H](C)[C@@H](/C(C)=C/[C@@H]2CC[C@@H](O)[C@H](OC)C2)OC(=O)[C@@H]2CCCCN2C(=O)C(=O)[C@]2(O)O[C@H]1[C@@H](OC)C[C@H]2C. The fraction of sp³-hybridized carbons (Fsp3) is 0.820. The Morgan fingerprint density at radius 2 is 1.54 bits per heavy atom. The molecule has 3 aliphatic heterocycles. The van der Waals surface area contributed by atoms with E-state index in [2.05, 4.69) is 0 Å². The van der Waals surface area contributed by atoms with Gasteiger partial charge in [0.15, 0.2) is 0 Å². The van der Waals surface area contributed by atoms with E-state index >= 15 is 0 Å². The van der Waals surface area contributed by atoms with Crippen molar-refractivity contribution in [2.75, 3.05) is 54.2 Å². The van der Waals surface area contributed by atoms with Gasteiger partial charge in [-0.25, -0.2) is 4.79 Å². The van der Waals surface area contributed by atoms with Crippen LogP contribution in [0.3, 0.4) is 0 Å². The molecule has 17 nitrogen and oxygen atoms in total. The van der Waals surface area contributed by atoms with Crippen LogP contribution >= 0.6 is 0 Å². The molecule has 384 valence electrons. The summed E-state index contributed by atoms with van der Waals surface area (Å²) >= 11 is 0. The van der Waals surface area contributed by atoms with Crippen molar-refractivity contribution in [3.8, 4) is 0 Å². The summed E-state index contributed by atoms with van der Waals surface area (Å²) in [6.07, 6.45) is 2.42. The first kappa shape index (κ1) is 58.2. The van der Waals surface area contributed by atoms with Gasteiger partial charge in [-0.15, -0.1) is 0 Å². The zero-order valence-electron chi connectivity index (χ0n) is 40.6. The van der Waals surface area contributed by atoms with Gasteiger partial charge in [0.25, 0.3) is 11.7 Å². The van der Waals surface area contributed by atoms with Crippen LogP contribution < -0.4 is 0 Å². The Balaban J connectivity index is 0.0000119. The minimum atomic E-state index is -2.56. The van der Waals surface area contributed by atoms with Gasteiger partial charge < -0.3 is 59.0 Å². The average molecular weight is 953 g/mol. The Labute approximate surface area is 398 Å². The van der Waals surface area contributed by atoms with E-state index in [1.54, 1.807) is 27.9 Å². The van der Waals surface area contributed by atoms with Crippen molar-refractivity contribution < 1.29 is 73.2 Å². The molecule has 14 atom stereocenters. The first-order chi connectivity index (χ1) is 31.3. The summed E-state index contributed by atoms with van der Waals surface area (Å²) in [6.45, 7) is 8.65. The number of cyclic esters (lactones) is 1. The summed E-state index contributed by atoms with van der Waals surface area (Å²) in [4.78, 5) is 73.2. The van der Waals surface area contributed by atoms with Gasteiger partial charge in [-0.1, -0.05) is 45.9 Å². The molecule has 2 bridgehead atoms. The van der Waals surface area contributed by atoms with Crippen LogP contribution in [0.4, 0.5) is 0 Å². The average Bonchev–Trinajstić information content (AvgIpc) is 3.29. The second kappa shape index (κ2) is 27.3.